The van der Waals surface area contributed by atoms with Gasteiger partial charge in [0.1, 0.15) is 24.4 Å². The lowest BCUT2D eigenvalue weighted by Gasteiger charge is -2.14. The van der Waals surface area contributed by atoms with Crippen LogP contribution < -0.4 is 5.32 Å². The van der Waals surface area contributed by atoms with Crippen LogP contribution in [-0.4, -0.2) is 38.8 Å². The average Bonchev–Trinajstić information content (AvgIpc) is 2.83. The molecule has 4 aromatic rings. The summed E-state index contributed by atoms with van der Waals surface area (Å²) < 4.78 is 97.0. The number of ether oxygens (including phenoxy) is 1. The molecule has 0 spiro atoms. The van der Waals surface area contributed by atoms with Gasteiger partial charge < -0.3 is 10.1 Å². The SMILES string of the molecule is COCc1nc(Nc2ccc([S+](C)(=O)C(F)(F)F)cc2)c2ccc(-c3ncccc3C(F)(F)F)nc2n1. The first kappa shape index (κ1) is 26.4. The number of anilines is 2. The molecular weight excluding hydrogens is 524 g/mol. The summed E-state index contributed by atoms with van der Waals surface area (Å²) in [6.45, 7) is -0.0453. The molecule has 0 aliphatic rings. The number of benzene rings is 1. The maximum Gasteiger partial charge on any atom is 0.583 e. The molecule has 0 aliphatic carbocycles. The Balaban J connectivity index is 1.76. The highest BCUT2D eigenvalue weighted by molar-refractivity contribution is 8.03. The summed E-state index contributed by atoms with van der Waals surface area (Å²) in [5.41, 5.74) is -5.94. The van der Waals surface area contributed by atoms with E-state index in [1.165, 1.54) is 43.6 Å². The van der Waals surface area contributed by atoms with E-state index in [-0.39, 0.29) is 40.2 Å². The fourth-order valence-corrected chi connectivity index (χ4v) is 4.30. The number of hydrogen-bond acceptors (Lipinski definition) is 7. The molecule has 1 atom stereocenters. The number of aromatic nitrogens is 4. The van der Waals surface area contributed by atoms with Crippen molar-refractivity contribution in [2.24, 2.45) is 0 Å². The van der Waals surface area contributed by atoms with E-state index >= 15 is 0 Å². The fraction of sp³-hybridized carbons (Fsp3) is 0.217. The van der Waals surface area contributed by atoms with Gasteiger partial charge in [-0.1, -0.05) is 4.21 Å². The molecule has 0 aliphatic heterocycles. The van der Waals surface area contributed by atoms with Crippen LogP contribution in [-0.2, 0) is 31.7 Å². The molecule has 3 aromatic heterocycles. The summed E-state index contributed by atoms with van der Waals surface area (Å²) in [5.74, 6) is 0.346. The lowest BCUT2D eigenvalue weighted by atomic mass is 10.1. The summed E-state index contributed by atoms with van der Waals surface area (Å²) in [5, 5.41) is 3.27. The second-order valence-electron chi connectivity index (χ2n) is 7.83. The minimum absolute atomic E-state index is 0.0453. The van der Waals surface area contributed by atoms with Crippen molar-refractivity contribution in [1.82, 2.24) is 19.9 Å². The van der Waals surface area contributed by atoms with E-state index in [9.17, 15) is 30.6 Å². The maximum atomic E-state index is 13.5. The minimum Gasteiger partial charge on any atom is -0.377 e. The van der Waals surface area contributed by atoms with E-state index in [2.05, 4.69) is 25.3 Å². The third-order valence-corrected chi connectivity index (χ3v) is 7.30. The van der Waals surface area contributed by atoms with Gasteiger partial charge in [0.05, 0.1) is 16.6 Å². The molecule has 37 heavy (non-hydrogen) atoms. The van der Waals surface area contributed by atoms with Crippen LogP contribution in [0.25, 0.3) is 22.4 Å². The molecule has 0 saturated heterocycles. The van der Waals surface area contributed by atoms with Crippen molar-refractivity contribution >= 4 is 32.5 Å². The second-order valence-corrected chi connectivity index (χ2v) is 10.4. The Morgan fingerprint density at radius 2 is 1.65 bits per heavy atom. The smallest absolute Gasteiger partial charge is 0.377 e. The predicted octanol–water partition coefficient (Wildman–Crippen LogP) is 6.00. The summed E-state index contributed by atoms with van der Waals surface area (Å²) in [7, 11) is -2.88. The van der Waals surface area contributed by atoms with Crippen molar-refractivity contribution in [1.29, 1.82) is 0 Å². The number of halogens is 6. The van der Waals surface area contributed by atoms with Gasteiger partial charge in [-0.05, 0) is 48.5 Å². The summed E-state index contributed by atoms with van der Waals surface area (Å²) in [4.78, 5) is 16.3. The standard InChI is InChI=1S/C23H18F6N5O2S/c1-36-12-18-33-20(31-13-5-7-14(8-6-13)37(2,35)23(27,28)29)15-9-10-17(32-21(15)34-18)19-16(22(24,25)26)4-3-11-30-19/h3-11H,12H2,1-2H3,(H,31,32,33,34)/q+1. The Labute approximate surface area is 207 Å². The van der Waals surface area contributed by atoms with E-state index < -0.39 is 27.2 Å². The van der Waals surface area contributed by atoms with Crippen LogP contribution in [0.1, 0.15) is 11.4 Å². The normalized spacial score (nSPS) is 13.9. The maximum absolute atomic E-state index is 13.5. The Hall–Kier alpha value is -3.65. The van der Waals surface area contributed by atoms with Gasteiger partial charge in [-0.15, -0.1) is 13.2 Å². The average molecular weight is 542 g/mol. The van der Waals surface area contributed by atoms with Gasteiger partial charge in [0.15, 0.2) is 16.4 Å². The van der Waals surface area contributed by atoms with Crippen LogP contribution in [0.15, 0.2) is 59.6 Å². The van der Waals surface area contributed by atoms with Gasteiger partial charge in [-0.2, -0.15) is 13.2 Å². The number of hydrogen-bond donors (Lipinski definition) is 1. The van der Waals surface area contributed by atoms with Crippen molar-refractivity contribution in [3.8, 4) is 11.4 Å². The third-order valence-electron chi connectivity index (χ3n) is 5.24. The highest BCUT2D eigenvalue weighted by Gasteiger charge is 2.56. The van der Waals surface area contributed by atoms with Gasteiger partial charge in [0, 0.05) is 19.0 Å². The summed E-state index contributed by atoms with van der Waals surface area (Å²) in [6.07, 6.45) is -2.81. The molecular formula is C23H18F6N5O2S+. The molecule has 1 N–H and O–H groups in total. The van der Waals surface area contributed by atoms with Crippen LogP contribution >= 0.6 is 0 Å². The van der Waals surface area contributed by atoms with Crippen molar-refractivity contribution in [2.75, 3.05) is 18.7 Å². The first-order valence-electron chi connectivity index (χ1n) is 10.4. The highest BCUT2D eigenvalue weighted by atomic mass is 32.2. The van der Waals surface area contributed by atoms with Crippen LogP contribution in [0.5, 0.6) is 0 Å². The van der Waals surface area contributed by atoms with E-state index in [1.54, 1.807) is 0 Å². The largest absolute Gasteiger partial charge is 0.583 e. The fourth-order valence-electron chi connectivity index (χ4n) is 3.38. The predicted molar refractivity (Wildman–Crippen MR) is 124 cm³/mol. The van der Waals surface area contributed by atoms with Crippen LogP contribution in [0.2, 0.25) is 0 Å². The van der Waals surface area contributed by atoms with Crippen molar-refractivity contribution in [3.05, 3.63) is 66.1 Å². The molecule has 1 unspecified atom stereocenters. The van der Waals surface area contributed by atoms with Gasteiger partial charge in [-0.25, -0.2) is 15.0 Å². The number of methoxy groups -OCH3 is 1. The first-order valence-corrected chi connectivity index (χ1v) is 12.4. The quantitative estimate of drug-likeness (QED) is 0.236. The zero-order valence-corrected chi connectivity index (χ0v) is 20.0. The monoisotopic (exact) mass is 542 g/mol. The molecule has 194 valence electrons. The molecule has 1 aromatic carbocycles. The summed E-state index contributed by atoms with van der Waals surface area (Å²) >= 11 is 0. The number of fused-ring (bicyclic) bond motifs is 1. The van der Waals surface area contributed by atoms with Crippen molar-refractivity contribution in [2.45, 2.75) is 23.2 Å². The highest BCUT2D eigenvalue weighted by Crippen LogP contribution is 2.37. The molecule has 0 radical (unpaired) electrons. The van der Waals surface area contributed by atoms with Crippen molar-refractivity contribution < 1.29 is 35.3 Å². The van der Waals surface area contributed by atoms with Gasteiger partial charge in [-0.3, -0.25) is 4.98 Å². The number of alkyl halides is 6. The summed E-state index contributed by atoms with van der Waals surface area (Å²) in [6, 6.07) is 9.66. The number of pyridine rings is 2. The third kappa shape index (κ3) is 5.39. The molecule has 7 nitrogen and oxygen atoms in total. The molecule has 0 saturated carbocycles. The lowest BCUT2D eigenvalue weighted by molar-refractivity contribution is -0.137. The van der Waals surface area contributed by atoms with E-state index in [1.807, 2.05) is 0 Å². The van der Waals surface area contributed by atoms with Crippen LogP contribution in [0.4, 0.5) is 37.8 Å². The van der Waals surface area contributed by atoms with E-state index in [0.29, 0.717) is 17.3 Å². The molecule has 3 heterocycles. The van der Waals surface area contributed by atoms with Gasteiger partial charge in [0.2, 0.25) is 9.93 Å². The Kier molecular flexibility index (Phi) is 6.90. The number of nitrogens with one attached hydrogen (secondary N) is 1. The molecule has 0 amide bonds. The van der Waals surface area contributed by atoms with Crippen LogP contribution in [0.3, 0.4) is 0 Å². The number of nitrogens with zero attached hydrogens (tertiary/aromatic N) is 4. The second kappa shape index (κ2) is 9.67. The topological polar surface area (TPSA) is 89.9 Å². The molecule has 0 bridgehead atoms. The zero-order chi connectivity index (χ0) is 27.0. The Morgan fingerprint density at radius 3 is 2.27 bits per heavy atom. The lowest BCUT2D eigenvalue weighted by Crippen LogP contribution is -2.29. The Bertz CT molecular complexity index is 1490. The minimum atomic E-state index is -4.90. The van der Waals surface area contributed by atoms with Crippen molar-refractivity contribution in [3.63, 3.8) is 0 Å². The molecule has 0 fully saturated rings. The Morgan fingerprint density at radius 1 is 0.946 bits per heavy atom. The van der Waals surface area contributed by atoms with Crippen LogP contribution in [0, 0.1) is 0 Å². The first-order chi connectivity index (χ1) is 17.3. The number of rotatable bonds is 6. The van der Waals surface area contributed by atoms with Gasteiger partial charge in [0.25, 0.3) is 0 Å². The zero-order valence-electron chi connectivity index (χ0n) is 19.2. The van der Waals surface area contributed by atoms with Gasteiger partial charge >= 0.3 is 11.7 Å². The molecule has 14 heteroatoms. The van der Waals surface area contributed by atoms with E-state index in [4.69, 9.17) is 4.74 Å². The van der Waals surface area contributed by atoms with E-state index in [0.717, 1.165) is 18.2 Å². The molecule has 4 rings (SSSR count).